The first-order chi connectivity index (χ1) is 17.4. The minimum atomic E-state index is 0.00887. The monoisotopic (exact) mass is 515 g/mol. The number of aromatic nitrogens is 1. The van der Waals surface area contributed by atoms with Crippen LogP contribution >= 0.6 is 23.2 Å². The Balaban J connectivity index is 1.72. The average molecular weight is 516 g/mol. The maximum Gasteiger partial charge on any atom is 0.232 e. The van der Waals surface area contributed by atoms with Crippen molar-refractivity contribution < 1.29 is 9.53 Å². The number of ether oxygens (including phenoxy) is 1. The summed E-state index contributed by atoms with van der Waals surface area (Å²) in [4.78, 5) is 16.8. The largest absolute Gasteiger partial charge is 0.472 e. The Kier molecular flexibility index (Phi) is 8.02. The van der Waals surface area contributed by atoms with E-state index in [1.165, 1.54) is 0 Å². The molecule has 0 amide bonds. The molecule has 0 unspecified atom stereocenters. The van der Waals surface area contributed by atoms with Gasteiger partial charge in [0.1, 0.15) is 18.2 Å². The van der Waals surface area contributed by atoms with E-state index in [1.54, 1.807) is 43.4 Å². The molecule has 0 atom stereocenters. The van der Waals surface area contributed by atoms with Crippen molar-refractivity contribution >= 4 is 29.0 Å². The number of likely N-dealkylation sites (N-methyl/N-ethyl adjacent to an activating group) is 1. The number of benzene rings is 3. The smallest absolute Gasteiger partial charge is 0.232 e. The number of pyridine rings is 1. The number of halogens is 2. The van der Waals surface area contributed by atoms with Crippen LogP contribution in [0.4, 0.5) is 0 Å². The Morgan fingerprint density at radius 2 is 1.72 bits per heavy atom. The van der Waals surface area contributed by atoms with Crippen molar-refractivity contribution in [2.45, 2.75) is 13.5 Å². The van der Waals surface area contributed by atoms with Gasteiger partial charge in [-0.3, -0.25) is 4.79 Å². The molecule has 1 N–H and O–H groups in total. The van der Waals surface area contributed by atoms with E-state index < -0.39 is 0 Å². The van der Waals surface area contributed by atoms with Gasteiger partial charge >= 0.3 is 0 Å². The molecule has 3 aromatic carbocycles. The Morgan fingerprint density at radius 3 is 2.36 bits per heavy atom. The molecule has 7 heteroatoms. The number of carbonyl (C=O) groups excluding carboxylic acids is 1. The highest BCUT2D eigenvalue weighted by Crippen LogP contribution is 2.38. The first-order valence-electron chi connectivity index (χ1n) is 11.3. The van der Waals surface area contributed by atoms with Crippen molar-refractivity contribution in [3.8, 4) is 34.3 Å². The molecule has 5 nitrogen and oxygen atoms in total. The Labute approximate surface area is 220 Å². The molecule has 4 rings (SSSR count). The lowest BCUT2D eigenvalue weighted by Crippen LogP contribution is -2.18. The minimum Gasteiger partial charge on any atom is -0.472 e. The maximum atomic E-state index is 12.0. The molecule has 0 saturated carbocycles. The summed E-state index contributed by atoms with van der Waals surface area (Å²) in [6, 6.07) is 24.3. The summed E-state index contributed by atoms with van der Waals surface area (Å²) in [5.41, 5.74) is 5.81. The Morgan fingerprint density at radius 1 is 1.00 bits per heavy atom. The van der Waals surface area contributed by atoms with E-state index in [1.807, 2.05) is 43.3 Å². The van der Waals surface area contributed by atoms with Gasteiger partial charge < -0.3 is 10.1 Å². The van der Waals surface area contributed by atoms with Gasteiger partial charge in [-0.15, -0.1) is 0 Å². The number of rotatable bonds is 8. The fourth-order valence-electron chi connectivity index (χ4n) is 3.73. The van der Waals surface area contributed by atoms with E-state index in [-0.39, 0.29) is 24.8 Å². The molecular weight excluding hydrogens is 493 g/mol. The molecule has 0 saturated heterocycles. The third-order valence-corrected chi connectivity index (χ3v) is 6.19. The predicted octanol–water partition coefficient (Wildman–Crippen LogP) is 6.88. The number of nitrogens with one attached hydrogen (secondary N) is 1. The number of ketones is 1. The molecule has 0 radical (unpaired) electrons. The fourth-order valence-corrected chi connectivity index (χ4v) is 4.23. The standard InChI is InChI=1S/C29H23Cl2N3O2/c1-18-3-7-20(8-4-18)25-13-22(15-32)29(34-28(25)24-12-11-23(30)14-26(24)31)36-17-19-5-9-21(10-6-19)27(35)16-33-2/h3-14,33H,16-17H2,1-2H3. The number of nitriles is 1. The third kappa shape index (κ3) is 5.75. The first-order valence-corrected chi connectivity index (χ1v) is 12.0. The van der Waals surface area contributed by atoms with E-state index in [4.69, 9.17) is 32.9 Å². The van der Waals surface area contributed by atoms with Crippen LogP contribution in [0.15, 0.2) is 72.8 Å². The van der Waals surface area contributed by atoms with Gasteiger partial charge in [-0.1, -0.05) is 77.3 Å². The zero-order valence-corrected chi connectivity index (χ0v) is 21.3. The van der Waals surface area contributed by atoms with Crippen molar-refractivity contribution in [3.05, 3.63) is 105 Å². The number of hydrogen-bond acceptors (Lipinski definition) is 5. The third-order valence-electron chi connectivity index (χ3n) is 5.65. The van der Waals surface area contributed by atoms with Gasteiger partial charge in [-0.2, -0.15) is 5.26 Å². The van der Waals surface area contributed by atoms with Crippen molar-refractivity contribution in [2.24, 2.45) is 0 Å². The number of carbonyl (C=O) groups is 1. The zero-order valence-electron chi connectivity index (χ0n) is 19.8. The first kappa shape index (κ1) is 25.4. The summed E-state index contributed by atoms with van der Waals surface area (Å²) >= 11 is 12.7. The lowest BCUT2D eigenvalue weighted by molar-refractivity contribution is 0.0993. The normalized spacial score (nSPS) is 10.6. The van der Waals surface area contributed by atoms with Gasteiger partial charge in [0, 0.05) is 21.7 Å². The molecule has 0 aliphatic heterocycles. The molecule has 36 heavy (non-hydrogen) atoms. The number of aryl methyl sites for hydroxylation is 1. The Bertz CT molecular complexity index is 1440. The van der Waals surface area contributed by atoms with Crippen LogP contribution in [0, 0.1) is 18.3 Å². The van der Waals surface area contributed by atoms with E-state index in [9.17, 15) is 10.1 Å². The van der Waals surface area contributed by atoms with E-state index in [0.717, 1.165) is 22.3 Å². The van der Waals surface area contributed by atoms with Crippen LogP contribution in [-0.4, -0.2) is 24.4 Å². The van der Waals surface area contributed by atoms with Crippen LogP contribution in [0.5, 0.6) is 5.88 Å². The summed E-state index contributed by atoms with van der Waals surface area (Å²) in [6.45, 7) is 2.47. The second kappa shape index (κ2) is 11.4. The predicted molar refractivity (Wildman–Crippen MR) is 144 cm³/mol. The average Bonchev–Trinajstić information content (AvgIpc) is 2.88. The van der Waals surface area contributed by atoms with Gasteiger partial charge in [-0.05, 0) is 49.4 Å². The van der Waals surface area contributed by atoms with Gasteiger partial charge in [0.2, 0.25) is 5.88 Å². The summed E-state index contributed by atoms with van der Waals surface area (Å²) in [6.07, 6.45) is 0. The lowest BCUT2D eigenvalue weighted by Gasteiger charge is -2.15. The zero-order chi connectivity index (χ0) is 25.7. The second-order valence-corrected chi connectivity index (χ2v) is 9.12. The highest BCUT2D eigenvalue weighted by Gasteiger charge is 2.18. The Hall–Kier alpha value is -3.69. The summed E-state index contributed by atoms with van der Waals surface area (Å²) in [5.74, 6) is 0.208. The van der Waals surface area contributed by atoms with Crippen molar-refractivity contribution in [1.82, 2.24) is 10.3 Å². The van der Waals surface area contributed by atoms with Crippen molar-refractivity contribution in [1.29, 1.82) is 5.26 Å². The van der Waals surface area contributed by atoms with Crippen LogP contribution in [0.2, 0.25) is 10.0 Å². The summed E-state index contributed by atoms with van der Waals surface area (Å²) < 4.78 is 6.00. The molecule has 0 spiro atoms. The summed E-state index contributed by atoms with van der Waals surface area (Å²) in [5, 5.41) is 13.7. The molecule has 180 valence electrons. The number of Topliss-reactive ketones (excluding diaryl/α,β-unsaturated/α-hetero) is 1. The second-order valence-electron chi connectivity index (χ2n) is 8.28. The SMILES string of the molecule is CNCC(=O)c1ccc(COc2nc(-c3ccc(Cl)cc3Cl)c(-c3ccc(C)cc3)cc2C#N)cc1. The fraction of sp³-hybridized carbons (Fsp3) is 0.138. The highest BCUT2D eigenvalue weighted by atomic mass is 35.5. The molecule has 1 heterocycles. The van der Waals surface area contributed by atoms with Crippen LogP contribution in [0.25, 0.3) is 22.4 Å². The molecular formula is C29H23Cl2N3O2. The molecule has 0 bridgehead atoms. The summed E-state index contributed by atoms with van der Waals surface area (Å²) in [7, 11) is 1.73. The van der Waals surface area contributed by atoms with Gasteiger partial charge in [0.15, 0.2) is 5.78 Å². The molecule has 0 aliphatic rings. The molecule has 0 aliphatic carbocycles. The van der Waals surface area contributed by atoms with Gasteiger partial charge in [-0.25, -0.2) is 4.98 Å². The van der Waals surface area contributed by atoms with Crippen LogP contribution in [0.1, 0.15) is 27.0 Å². The molecule has 4 aromatic rings. The van der Waals surface area contributed by atoms with E-state index in [2.05, 4.69) is 11.4 Å². The molecule has 1 aromatic heterocycles. The highest BCUT2D eigenvalue weighted by molar-refractivity contribution is 6.36. The van der Waals surface area contributed by atoms with E-state index in [0.29, 0.717) is 32.4 Å². The van der Waals surface area contributed by atoms with Gasteiger partial charge in [0.05, 0.1) is 17.3 Å². The topological polar surface area (TPSA) is 75.0 Å². The van der Waals surface area contributed by atoms with Gasteiger partial charge in [0.25, 0.3) is 0 Å². The van der Waals surface area contributed by atoms with Crippen LogP contribution < -0.4 is 10.1 Å². The van der Waals surface area contributed by atoms with Crippen LogP contribution in [0.3, 0.4) is 0 Å². The molecule has 0 fully saturated rings. The van der Waals surface area contributed by atoms with Crippen LogP contribution in [-0.2, 0) is 6.61 Å². The van der Waals surface area contributed by atoms with Crippen molar-refractivity contribution in [2.75, 3.05) is 13.6 Å². The lowest BCUT2D eigenvalue weighted by atomic mass is 9.97. The maximum absolute atomic E-state index is 12.0. The van der Waals surface area contributed by atoms with Crippen molar-refractivity contribution in [3.63, 3.8) is 0 Å². The minimum absolute atomic E-state index is 0.00887. The quantitative estimate of drug-likeness (QED) is 0.258. The number of hydrogen-bond donors (Lipinski definition) is 1. The van der Waals surface area contributed by atoms with E-state index >= 15 is 0 Å². The number of nitrogens with zero attached hydrogens (tertiary/aromatic N) is 2.